The zero-order valence-corrected chi connectivity index (χ0v) is 18.3. The van der Waals surface area contributed by atoms with Crippen LogP contribution in [-0.2, 0) is 0 Å². The van der Waals surface area contributed by atoms with Crippen molar-refractivity contribution in [1.29, 1.82) is 0 Å². The molecule has 132 valence electrons. The fraction of sp³-hybridized carbons (Fsp3) is 0.273. The lowest BCUT2D eigenvalue weighted by Crippen LogP contribution is -2.39. The molecule has 0 aromatic heterocycles. The van der Waals surface area contributed by atoms with Crippen LogP contribution in [0.4, 0.5) is 0 Å². The summed E-state index contributed by atoms with van der Waals surface area (Å²) >= 11 is 0. The number of hydrogen-bond donors (Lipinski definition) is 0. The van der Waals surface area contributed by atoms with Gasteiger partial charge in [0, 0.05) is 27.8 Å². The molecule has 0 saturated carbocycles. The Morgan fingerprint density at radius 3 is 2.08 bits per heavy atom. The Bertz CT molecular complexity index is 994. The van der Waals surface area contributed by atoms with Gasteiger partial charge in [0.15, 0.2) is 11.6 Å². The highest BCUT2D eigenvalue weighted by molar-refractivity contribution is 6.88. The van der Waals surface area contributed by atoms with E-state index in [4.69, 9.17) is 0 Å². The Morgan fingerprint density at radius 1 is 0.769 bits per heavy atom. The third-order valence-corrected chi connectivity index (χ3v) is 7.40. The zero-order valence-electron chi connectivity index (χ0n) is 16.3. The molecule has 0 saturated heterocycles. The molecule has 0 spiro atoms. The summed E-state index contributed by atoms with van der Waals surface area (Å²) in [5.41, 5.74) is 5.98. The van der Waals surface area contributed by atoms with Gasteiger partial charge in [0.25, 0.3) is 0 Å². The molecule has 2 aromatic carbocycles. The van der Waals surface area contributed by atoms with Crippen molar-refractivity contribution in [2.24, 2.45) is 0 Å². The van der Waals surface area contributed by atoms with E-state index < -0.39 is 16.1 Å². The summed E-state index contributed by atoms with van der Waals surface area (Å²) in [5.74, 6) is 3.03. The third-order valence-electron chi connectivity index (χ3n) is 4.48. The van der Waals surface area contributed by atoms with Crippen molar-refractivity contribution in [3.05, 3.63) is 64.2 Å². The van der Waals surface area contributed by atoms with E-state index >= 15 is 0 Å². The third kappa shape index (κ3) is 3.37. The largest absolute Gasteiger partial charge is 0.289 e. The molecular formula is C22H24O2Si2. The van der Waals surface area contributed by atoms with Gasteiger partial charge in [-0.2, -0.15) is 0 Å². The number of benzene rings is 2. The Morgan fingerprint density at radius 2 is 1.46 bits per heavy atom. The van der Waals surface area contributed by atoms with Crippen LogP contribution in [0.25, 0.3) is 0 Å². The van der Waals surface area contributed by atoms with Crippen molar-refractivity contribution in [3.8, 4) is 11.5 Å². The van der Waals surface area contributed by atoms with E-state index in [1.165, 1.54) is 5.19 Å². The predicted octanol–water partition coefficient (Wildman–Crippen LogP) is 4.24. The van der Waals surface area contributed by atoms with E-state index in [0.29, 0.717) is 27.8 Å². The Balaban J connectivity index is 2.20. The van der Waals surface area contributed by atoms with Gasteiger partial charge in [0.05, 0.1) is 8.07 Å². The molecule has 26 heavy (non-hydrogen) atoms. The Labute approximate surface area is 157 Å². The Hall–Kier alpha value is -2.23. The molecule has 4 heteroatoms. The fourth-order valence-corrected chi connectivity index (χ4v) is 4.69. The van der Waals surface area contributed by atoms with Gasteiger partial charge in [-0.05, 0) is 6.07 Å². The van der Waals surface area contributed by atoms with Gasteiger partial charge in [-0.3, -0.25) is 9.59 Å². The van der Waals surface area contributed by atoms with Crippen LogP contribution in [0, 0.1) is 11.5 Å². The quantitative estimate of drug-likeness (QED) is 0.470. The van der Waals surface area contributed by atoms with Gasteiger partial charge in [0.1, 0.15) is 8.07 Å². The maximum Gasteiger partial charge on any atom is 0.195 e. The van der Waals surface area contributed by atoms with Crippen LogP contribution in [0.2, 0.25) is 39.3 Å². The predicted molar refractivity (Wildman–Crippen MR) is 113 cm³/mol. The van der Waals surface area contributed by atoms with Crippen LogP contribution < -0.4 is 5.19 Å². The van der Waals surface area contributed by atoms with Crippen LogP contribution in [0.15, 0.2) is 36.4 Å². The maximum absolute atomic E-state index is 13.2. The van der Waals surface area contributed by atoms with Crippen molar-refractivity contribution in [1.82, 2.24) is 0 Å². The molecule has 1 aliphatic rings. The summed E-state index contributed by atoms with van der Waals surface area (Å²) in [6.07, 6.45) is 0. The number of ketones is 2. The topological polar surface area (TPSA) is 34.1 Å². The highest BCUT2D eigenvalue weighted by Gasteiger charge is 2.32. The molecule has 0 fully saturated rings. The van der Waals surface area contributed by atoms with Crippen LogP contribution in [0.1, 0.15) is 37.4 Å². The lowest BCUT2D eigenvalue weighted by Gasteiger charge is -2.22. The first-order chi connectivity index (χ1) is 12.0. The summed E-state index contributed by atoms with van der Waals surface area (Å²) in [6, 6.07) is 11.2. The average Bonchev–Trinajstić information content (AvgIpc) is 2.55. The molecule has 0 unspecified atom stereocenters. The molecule has 0 radical (unpaired) electrons. The van der Waals surface area contributed by atoms with Crippen molar-refractivity contribution in [2.45, 2.75) is 39.3 Å². The molecule has 0 N–H and O–H groups in total. The molecule has 0 aliphatic heterocycles. The van der Waals surface area contributed by atoms with Crippen molar-refractivity contribution in [2.75, 3.05) is 0 Å². The molecule has 0 heterocycles. The van der Waals surface area contributed by atoms with Crippen molar-refractivity contribution >= 4 is 32.9 Å². The SMILES string of the molecule is C[Si](C)(C)C#Cc1cccc2c1C(=O)c1ccc([Si](C)(C)C)cc1C2=O. The normalized spacial score (nSPS) is 13.6. The van der Waals surface area contributed by atoms with Crippen LogP contribution >= 0.6 is 0 Å². The first kappa shape index (κ1) is 18.6. The number of carbonyl (C=O) groups is 2. The van der Waals surface area contributed by atoms with Crippen LogP contribution in [-0.4, -0.2) is 27.7 Å². The standard InChI is InChI=1S/C22H24O2Si2/c1-25(2,3)13-12-15-8-7-9-18-20(15)22(24)17-11-10-16(26(4,5)6)14-19(17)21(18)23/h7-11,14H,1-6H3. The van der Waals surface area contributed by atoms with Crippen molar-refractivity contribution < 1.29 is 9.59 Å². The monoisotopic (exact) mass is 376 g/mol. The second-order valence-corrected chi connectivity index (χ2v) is 18.7. The van der Waals surface area contributed by atoms with Crippen LogP contribution in [0.3, 0.4) is 0 Å². The first-order valence-electron chi connectivity index (χ1n) is 8.89. The first-order valence-corrected chi connectivity index (χ1v) is 15.9. The highest BCUT2D eigenvalue weighted by atomic mass is 28.3. The van der Waals surface area contributed by atoms with Gasteiger partial charge < -0.3 is 0 Å². The number of hydrogen-bond acceptors (Lipinski definition) is 2. The molecule has 0 amide bonds. The molecule has 2 aromatic rings. The van der Waals surface area contributed by atoms with E-state index in [1.807, 2.05) is 30.3 Å². The number of rotatable bonds is 1. The molecular weight excluding hydrogens is 352 g/mol. The van der Waals surface area contributed by atoms with Crippen LogP contribution in [0.5, 0.6) is 0 Å². The summed E-state index contributed by atoms with van der Waals surface area (Å²) in [4.78, 5) is 26.3. The summed E-state index contributed by atoms with van der Waals surface area (Å²) in [5, 5.41) is 1.19. The van der Waals surface area contributed by atoms with E-state index in [0.717, 1.165) is 0 Å². The average molecular weight is 377 g/mol. The number of carbonyl (C=O) groups excluding carboxylic acids is 2. The molecule has 1 aliphatic carbocycles. The lowest BCUT2D eigenvalue weighted by molar-refractivity contribution is 0.0979. The smallest absolute Gasteiger partial charge is 0.195 e. The second-order valence-electron chi connectivity index (χ2n) is 8.90. The van der Waals surface area contributed by atoms with E-state index in [2.05, 4.69) is 50.7 Å². The zero-order chi connectivity index (χ0) is 19.3. The van der Waals surface area contributed by atoms with Gasteiger partial charge >= 0.3 is 0 Å². The minimum Gasteiger partial charge on any atom is -0.289 e. The molecule has 2 nitrogen and oxygen atoms in total. The summed E-state index contributed by atoms with van der Waals surface area (Å²) in [6.45, 7) is 13.2. The van der Waals surface area contributed by atoms with E-state index in [-0.39, 0.29) is 11.6 Å². The second kappa shape index (κ2) is 6.19. The molecule has 3 rings (SSSR count). The maximum atomic E-state index is 13.2. The van der Waals surface area contributed by atoms with Gasteiger partial charge in [-0.25, -0.2) is 0 Å². The lowest BCUT2D eigenvalue weighted by atomic mass is 9.82. The molecule has 0 bridgehead atoms. The molecule has 0 atom stereocenters. The summed E-state index contributed by atoms with van der Waals surface area (Å²) < 4.78 is 0. The van der Waals surface area contributed by atoms with Gasteiger partial charge in [0.2, 0.25) is 0 Å². The van der Waals surface area contributed by atoms with Crippen molar-refractivity contribution in [3.63, 3.8) is 0 Å². The summed E-state index contributed by atoms with van der Waals surface area (Å²) in [7, 11) is -3.14. The van der Waals surface area contributed by atoms with E-state index in [1.54, 1.807) is 6.07 Å². The highest BCUT2D eigenvalue weighted by Crippen LogP contribution is 2.29. The van der Waals surface area contributed by atoms with Gasteiger partial charge in [-0.1, -0.05) is 80.7 Å². The minimum absolute atomic E-state index is 0.0636. The minimum atomic E-state index is -1.58. The Kier molecular flexibility index (Phi) is 4.42. The number of fused-ring (bicyclic) bond motifs is 2. The fourth-order valence-electron chi connectivity index (χ4n) is 3.02. The van der Waals surface area contributed by atoms with E-state index in [9.17, 15) is 9.59 Å². The van der Waals surface area contributed by atoms with Gasteiger partial charge in [-0.15, -0.1) is 5.54 Å².